The number of hydrogen-bond donors (Lipinski definition) is 4. The second-order valence-corrected chi connectivity index (χ2v) is 7.40. The van der Waals surface area contributed by atoms with Crippen molar-refractivity contribution in [3.8, 4) is 0 Å². The van der Waals surface area contributed by atoms with Crippen LogP contribution in [0.3, 0.4) is 0 Å². The minimum Gasteiger partial charge on any atom is -0.385 e. The molecule has 4 rings (SSSR count). The predicted molar refractivity (Wildman–Crippen MR) is 127 cm³/mol. The summed E-state index contributed by atoms with van der Waals surface area (Å²) in [5.74, 6) is 0.0212. The largest absolute Gasteiger partial charge is 0.385 e. The quantitative estimate of drug-likeness (QED) is 0.312. The molecule has 0 saturated carbocycles. The van der Waals surface area contributed by atoms with E-state index >= 15 is 0 Å². The number of fused-ring (bicyclic) bond motifs is 1. The molecule has 158 valence electrons. The van der Waals surface area contributed by atoms with Gasteiger partial charge in [0.05, 0.1) is 12.2 Å². The summed E-state index contributed by atoms with van der Waals surface area (Å²) in [4.78, 5) is 19.1. The van der Waals surface area contributed by atoms with Gasteiger partial charge in [0.2, 0.25) is 5.91 Å². The summed E-state index contributed by atoms with van der Waals surface area (Å²) >= 11 is 0. The zero-order chi connectivity index (χ0) is 21.5. The first-order chi connectivity index (χ1) is 15.2. The van der Waals surface area contributed by atoms with E-state index in [0.717, 1.165) is 35.7 Å². The molecule has 6 nitrogen and oxygen atoms in total. The lowest BCUT2D eigenvalue weighted by Crippen LogP contribution is -2.21. The highest BCUT2D eigenvalue weighted by molar-refractivity contribution is 5.83. The number of rotatable bonds is 9. The van der Waals surface area contributed by atoms with Gasteiger partial charge in [-0.05, 0) is 54.4 Å². The molecule has 1 amide bonds. The van der Waals surface area contributed by atoms with E-state index in [0.29, 0.717) is 13.0 Å². The Morgan fingerprint density at radius 1 is 1.00 bits per heavy atom. The third-order valence-electron chi connectivity index (χ3n) is 5.18. The summed E-state index contributed by atoms with van der Waals surface area (Å²) in [5, 5.41) is 11.0. The van der Waals surface area contributed by atoms with Gasteiger partial charge >= 0.3 is 0 Å². The maximum absolute atomic E-state index is 11.4. The van der Waals surface area contributed by atoms with Gasteiger partial charge in [0.15, 0.2) is 0 Å². The van der Waals surface area contributed by atoms with Crippen LogP contribution in [0.1, 0.15) is 24.6 Å². The van der Waals surface area contributed by atoms with Crippen molar-refractivity contribution in [3.63, 3.8) is 0 Å². The number of nitrogens with zero attached hydrogens (tertiary/aromatic N) is 1. The van der Waals surface area contributed by atoms with Crippen molar-refractivity contribution in [1.82, 2.24) is 15.3 Å². The maximum atomic E-state index is 11.4. The summed E-state index contributed by atoms with van der Waals surface area (Å²) in [6, 6.07) is 20.5. The van der Waals surface area contributed by atoms with Gasteiger partial charge < -0.3 is 20.9 Å². The van der Waals surface area contributed by atoms with E-state index < -0.39 is 0 Å². The Morgan fingerprint density at radius 2 is 1.81 bits per heavy atom. The number of benzene rings is 2. The number of aromatic nitrogens is 2. The van der Waals surface area contributed by atoms with E-state index in [1.54, 1.807) is 6.20 Å². The Bertz CT molecular complexity index is 1150. The van der Waals surface area contributed by atoms with Gasteiger partial charge in [-0.3, -0.25) is 9.78 Å². The molecular weight excluding hydrogens is 386 g/mol. The Kier molecular flexibility index (Phi) is 6.47. The molecule has 0 unspecified atom stereocenters. The van der Waals surface area contributed by atoms with Crippen molar-refractivity contribution in [1.29, 1.82) is 0 Å². The molecule has 0 aliphatic heterocycles. The highest BCUT2D eigenvalue weighted by atomic mass is 16.1. The van der Waals surface area contributed by atoms with Crippen molar-refractivity contribution >= 4 is 33.9 Å². The maximum Gasteiger partial charge on any atom is 0.220 e. The van der Waals surface area contributed by atoms with Crippen LogP contribution in [0.25, 0.3) is 10.9 Å². The van der Waals surface area contributed by atoms with E-state index in [1.165, 1.54) is 16.5 Å². The predicted octanol–water partition coefficient (Wildman–Crippen LogP) is 4.99. The monoisotopic (exact) mass is 413 g/mol. The summed E-state index contributed by atoms with van der Waals surface area (Å²) < 4.78 is 0. The number of anilines is 3. The number of nitrogens with one attached hydrogen (secondary N) is 4. The fourth-order valence-corrected chi connectivity index (χ4v) is 3.48. The van der Waals surface area contributed by atoms with Crippen LogP contribution in [-0.2, 0) is 17.8 Å². The number of carbonyl (C=O) groups excluding carboxylic acids is 1. The zero-order valence-corrected chi connectivity index (χ0v) is 17.6. The number of pyridine rings is 1. The van der Waals surface area contributed by atoms with Gasteiger partial charge in [-0.1, -0.05) is 25.1 Å². The van der Waals surface area contributed by atoms with Crippen LogP contribution < -0.4 is 16.0 Å². The van der Waals surface area contributed by atoms with Crippen LogP contribution in [0.5, 0.6) is 0 Å². The standard InChI is InChI=1S/C25H27N5O/c1-2-25(31)29-17-22-15-21(12-14-27-22)30-20-9-7-19(8-10-20)26-13-11-18-16-28-24-6-4-3-5-23(18)24/h3-10,12,14-16,26,28H,2,11,13,17H2,1H3,(H,27,30)(H,29,31). The minimum atomic E-state index is 0.0212. The SMILES string of the molecule is CCC(=O)NCc1cc(Nc2ccc(NCCc3c[nH]c4ccccc34)cc2)ccn1. The van der Waals surface area contributed by atoms with Gasteiger partial charge in [-0.15, -0.1) is 0 Å². The highest BCUT2D eigenvalue weighted by Crippen LogP contribution is 2.21. The number of aromatic amines is 1. The van der Waals surface area contributed by atoms with Crippen LogP contribution in [0.2, 0.25) is 0 Å². The summed E-state index contributed by atoms with van der Waals surface area (Å²) in [6.45, 7) is 3.13. The fourth-order valence-electron chi connectivity index (χ4n) is 3.48. The van der Waals surface area contributed by atoms with Crippen molar-refractivity contribution in [2.75, 3.05) is 17.2 Å². The van der Waals surface area contributed by atoms with Crippen LogP contribution in [0, 0.1) is 0 Å². The number of para-hydroxylation sites is 1. The van der Waals surface area contributed by atoms with E-state index in [4.69, 9.17) is 0 Å². The third kappa shape index (κ3) is 5.42. The average molecular weight is 414 g/mol. The second kappa shape index (κ2) is 9.80. The van der Waals surface area contributed by atoms with Gasteiger partial charge in [0.1, 0.15) is 0 Å². The number of carbonyl (C=O) groups is 1. The Hall–Kier alpha value is -3.80. The Morgan fingerprint density at radius 3 is 2.65 bits per heavy atom. The number of hydrogen-bond acceptors (Lipinski definition) is 4. The fraction of sp³-hybridized carbons (Fsp3) is 0.200. The van der Waals surface area contributed by atoms with E-state index in [1.807, 2.05) is 37.3 Å². The topological polar surface area (TPSA) is 81.8 Å². The molecule has 2 aromatic heterocycles. The number of H-pyrrole nitrogens is 1. The zero-order valence-electron chi connectivity index (χ0n) is 17.6. The Balaban J connectivity index is 1.30. The van der Waals surface area contributed by atoms with Gasteiger partial charge in [-0.2, -0.15) is 0 Å². The molecular formula is C25H27N5O. The van der Waals surface area contributed by atoms with E-state index in [2.05, 4.69) is 62.4 Å². The van der Waals surface area contributed by atoms with Crippen molar-refractivity contribution in [2.24, 2.45) is 0 Å². The molecule has 4 N–H and O–H groups in total. The molecule has 2 heterocycles. The molecule has 0 aliphatic rings. The lowest BCUT2D eigenvalue weighted by molar-refractivity contribution is -0.120. The van der Waals surface area contributed by atoms with Gasteiger partial charge in [0.25, 0.3) is 0 Å². The molecule has 0 bridgehead atoms. The number of amides is 1. The molecule has 6 heteroatoms. The molecule has 0 saturated heterocycles. The molecule has 4 aromatic rings. The van der Waals surface area contributed by atoms with Crippen molar-refractivity contribution < 1.29 is 4.79 Å². The van der Waals surface area contributed by atoms with Gasteiger partial charge in [0, 0.05) is 53.3 Å². The molecule has 0 aliphatic carbocycles. The average Bonchev–Trinajstić information content (AvgIpc) is 3.22. The Labute approximate surface area is 182 Å². The second-order valence-electron chi connectivity index (χ2n) is 7.40. The first-order valence-corrected chi connectivity index (χ1v) is 10.6. The highest BCUT2D eigenvalue weighted by Gasteiger charge is 2.04. The normalized spacial score (nSPS) is 10.7. The molecule has 31 heavy (non-hydrogen) atoms. The lowest BCUT2D eigenvalue weighted by Gasteiger charge is -2.10. The van der Waals surface area contributed by atoms with Crippen LogP contribution in [-0.4, -0.2) is 22.4 Å². The van der Waals surface area contributed by atoms with Gasteiger partial charge in [-0.25, -0.2) is 0 Å². The lowest BCUT2D eigenvalue weighted by atomic mass is 10.1. The summed E-state index contributed by atoms with van der Waals surface area (Å²) in [5.41, 5.74) is 6.35. The van der Waals surface area contributed by atoms with Crippen LogP contribution in [0.4, 0.5) is 17.1 Å². The van der Waals surface area contributed by atoms with Crippen molar-refractivity contribution in [3.05, 3.63) is 84.3 Å². The van der Waals surface area contributed by atoms with E-state index in [-0.39, 0.29) is 5.91 Å². The molecule has 0 radical (unpaired) electrons. The van der Waals surface area contributed by atoms with Crippen LogP contribution >= 0.6 is 0 Å². The molecule has 0 fully saturated rings. The molecule has 2 aromatic carbocycles. The molecule has 0 spiro atoms. The third-order valence-corrected chi connectivity index (χ3v) is 5.18. The smallest absolute Gasteiger partial charge is 0.220 e. The summed E-state index contributed by atoms with van der Waals surface area (Å²) in [7, 11) is 0. The van der Waals surface area contributed by atoms with Crippen molar-refractivity contribution in [2.45, 2.75) is 26.3 Å². The van der Waals surface area contributed by atoms with Crippen LogP contribution in [0.15, 0.2) is 73.1 Å². The summed E-state index contributed by atoms with van der Waals surface area (Å²) in [6.07, 6.45) is 5.27. The molecule has 0 atom stereocenters. The first-order valence-electron chi connectivity index (χ1n) is 10.6. The first kappa shape index (κ1) is 20.5. The van der Waals surface area contributed by atoms with E-state index in [9.17, 15) is 4.79 Å². The minimum absolute atomic E-state index is 0.0212.